The van der Waals surface area contributed by atoms with E-state index in [0.717, 1.165) is 17.1 Å². The highest BCUT2D eigenvalue weighted by Gasteiger charge is 2.22. The van der Waals surface area contributed by atoms with Crippen molar-refractivity contribution in [2.45, 2.75) is 25.8 Å². The summed E-state index contributed by atoms with van der Waals surface area (Å²) in [6.45, 7) is 1.99. The fourth-order valence-corrected chi connectivity index (χ4v) is 2.35. The van der Waals surface area contributed by atoms with Gasteiger partial charge in [0.1, 0.15) is 5.82 Å². The Bertz CT molecular complexity index is 707. The zero-order chi connectivity index (χ0) is 17.1. The lowest BCUT2D eigenvalue weighted by Crippen LogP contribution is -2.08. The number of nitrogens with one attached hydrogen (secondary N) is 2. The van der Waals surface area contributed by atoms with Gasteiger partial charge in [-0.05, 0) is 19.8 Å². The van der Waals surface area contributed by atoms with Crippen LogP contribution in [0, 0.1) is 6.92 Å². The monoisotopic (exact) mass is 330 g/mol. The molecule has 1 aliphatic carbocycles. The maximum Gasteiger partial charge on any atom is 0.229 e. The quantitative estimate of drug-likeness (QED) is 0.807. The van der Waals surface area contributed by atoms with E-state index < -0.39 is 0 Å². The average Bonchev–Trinajstić information content (AvgIpc) is 3.41. The third-order valence-corrected chi connectivity index (χ3v) is 3.81. The van der Waals surface area contributed by atoms with Gasteiger partial charge in [0.15, 0.2) is 11.5 Å². The number of hydrogen-bond acceptors (Lipinski definition) is 7. The Morgan fingerprint density at radius 2 is 1.71 bits per heavy atom. The number of benzene rings is 1. The summed E-state index contributed by atoms with van der Waals surface area (Å²) in [6.07, 6.45) is 4.19. The van der Waals surface area contributed by atoms with Crippen LogP contribution in [0.25, 0.3) is 0 Å². The highest BCUT2D eigenvalue weighted by Crippen LogP contribution is 2.40. The molecule has 3 rings (SSSR count). The Morgan fingerprint density at radius 1 is 1.04 bits per heavy atom. The van der Waals surface area contributed by atoms with E-state index in [9.17, 15) is 0 Å². The van der Waals surface area contributed by atoms with E-state index in [1.54, 1.807) is 27.5 Å². The molecule has 1 heterocycles. The fraction of sp³-hybridized carbons (Fsp3) is 0.412. The summed E-state index contributed by atoms with van der Waals surface area (Å²) in [6, 6.07) is 4.17. The van der Waals surface area contributed by atoms with E-state index in [0.29, 0.717) is 29.2 Å². The molecule has 1 aliphatic rings. The summed E-state index contributed by atoms with van der Waals surface area (Å²) in [5.41, 5.74) is 1.78. The van der Waals surface area contributed by atoms with Crippen LogP contribution in [0.5, 0.6) is 17.2 Å². The first-order chi connectivity index (χ1) is 11.6. The molecule has 0 amide bonds. The predicted molar refractivity (Wildman–Crippen MR) is 92.8 cm³/mol. The van der Waals surface area contributed by atoms with E-state index in [2.05, 4.69) is 20.6 Å². The molecule has 2 N–H and O–H groups in total. The first-order valence-corrected chi connectivity index (χ1v) is 7.81. The number of nitrogens with zero attached hydrogens (tertiary/aromatic N) is 2. The average molecular weight is 330 g/mol. The van der Waals surface area contributed by atoms with Crippen LogP contribution in [-0.4, -0.2) is 37.3 Å². The number of methoxy groups -OCH3 is 3. The maximum atomic E-state index is 5.36. The van der Waals surface area contributed by atoms with Crippen LogP contribution < -0.4 is 24.8 Å². The second kappa shape index (κ2) is 6.82. The topological polar surface area (TPSA) is 77.5 Å². The Balaban J connectivity index is 1.87. The first kappa shape index (κ1) is 16.2. The SMILES string of the molecule is COc1cc(Nc2ncc(C)c(NC3CC3)n2)cc(OC)c1OC. The van der Waals surface area contributed by atoms with Gasteiger partial charge >= 0.3 is 0 Å². The maximum absolute atomic E-state index is 5.36. The summed E-state index contributed by atoms with van der Waals surface area (Å²) in [5, 5.41) is 6.60. The van der Waals surface area contributed by atoms with Gasteiger partial charge in [-0.2, -0.15) is 4.98 Å². The normalized spacial score (nSPS) is 13.3. The number of rotatable bonds is 7. The molecule has 0 atom stereocenters. The molecule has 2 aromatic rings. The molecule has 0 aliphatic heterocycles. The number of anilines is 3. The van der Waals surface area contributed by atoms with Crippen molar-refractivity contribution < 1.29 is 14.2 Å². The number of aromatic nitrogens is 2. The number of ether oxygens (including phenoxy) is 3. The minimum Gasteiger partial charge on any atom is -0.493 e. The molecule has 7 nitrogen and oxygen atoms in total. The summed E-state index contributed by atoms with van der Waals surface area (Å²) in [5.74, 6) is 3.07. The summed E-state index contributed by atoms with van der Waals surface area (Å²) in [4.78, 5) is 8.90. The Labute approximate surface area is 141 Å². The standard InChI is InChI=1S/C17H22N4O3/c1-10-9-18-17(21-16(10)19-11-5-6-11)20-12-7-13(22-2)15(24-4)14(8-12)23-3/h7-9,11H,5-6H2,1-4H3,(H2,18,19,20,21). The van der Waals surface area contributed by atoms with Gasteiger partial charge in [-0.25, -0.2) is 4.98 Å². The Hall–Kier alpha value is -2.70. The molecular formula is C17H22N4O3. The van der Waals surface area contributed by atoms with E-state index >= 15 is 0 Å². The van der Waals surface area contributed by atoms with Crippen molar-refractivity contribution in [3.63, 3.8) is 0 Å². The lowest BCUT2D eigenvalue weighted by atomic mass is 10.2. The molecule has 1 aromatic heterocycles. The van der Waals surface area contributed by atoms with E-state index in [1.165, 1.54) is 12.8 Å². The summed E-state index contributed by atoms with van der Waals surface area (Å²) >= 11 is 0. The third-order valence-electron chi connectivity index (χ3n) is 3.81. The molecule has 1 saturated carbocycles. The zero-order valence-corrected chi connectivity index (χ0v) is 14.3. The van der Waals surface area contributed by atoms with Crippen LogP contribution in [0.15, 0.2) is 18.3 Å². The molecule has 0 spiro atoms. The lowest BCUT2D eigenvalue weighted by molar-refractivity contribution is 0.324. The van der Waals surface area contributed by atoms with Gasteiger partial charge in [0.25, 0.3) is 0 Å². The van der Waals surface area contributed by atoms with Crippen LogP contribution in [0.2, 0.25) is 0 Å². The summed E-state index contributed by atoms with van der Waals surface area (Å²) in [7, 11) is 4.74. The second-order valence-corrected chi connectivity index (χ2v) is 5.68. The second-order valence-electron chi connectivity index (χ2n) is 5.68. The van der Waals surface area contributed by atoms with Gasteiger partial charge in [0.05, 0.1) is 21.3 Å². The number of hydrogen-bond donors (Lipinski definition) is 2. The molecule has 0 bridgehead atoms. The van der Waals surface area contributed by atoms with E-state index in [1.807, 2.05) is 19.1 Å². The van der Waals surface area contributed by atoms with Gasteiger partial charge in [-0.15, -0.1) is 0 Å². The van der Waals surface area contributed by atoms with Gasteiger partial charge in [-0.1, -0.05) is 0 Å². The van der Waals surface area contributed by atoms with Crippen LogP contribution in [0.3, 0.4) is 0 Å². The smallest absolute Gasteiger partial charge is 0.229 e. The fourth-order valence-electron chi connectivity index (χ4n) is 2.35. The van der Waals surface area contributed by atoms with Crippen molar-refractivity contribution in [1.82, 2.24) is 9.97 Å². The number of aryl methyl sites for hydroxylation is 1. The van der Waals surface area contributed by atoms with Crippen molar-refractivity contribution >= 4 is 17.5 Å². The van der Waals surface area contributed by atoms with Crippen molar-refractivity contribution in [3.8, 4) is 17.2 Å². The molecule has 0 radical (unpaired) electrons. The largest absolute Gasteiger partial charge is 0.493 e. The van der Waals surface area contributed by atoms with Crippen molar-refractivity contribution in [1.29, 1.82) is 0 Å². The molecular weight excluding hydrogens is 308 g/mol. The molecule has 24 heavy (non-hydrogen) atoms. The highest BCUT2D eigenvalue weighted by atomic mass is 16.5. The predicted octanol–water partition coefficient (Wildman–Crippen LogP) is 3.13. The molecule has 7 heteroatoms. The minimum atomic E-state index is 0.512. The van der Waals surface area contributed by atoms with Crippen LogP contribution >= 0.6 is 0 Å². The molecule has 128 valence electrons. The van der Waals surface area contributed by atoms with Crippen LogP contribution in [0.1, 0.15) is 18.4 Å². The molecule has 1 fully saturated rings. The van der Waals surface area contributed by atoms with Gasteiger partial charge in [0, 0.05) is 35.6 Å². The highest BCUT2D eigenvalue weighted by molar-refractivity contribution is 5.66. The van der Waals surface area contributed by atoms with Crippen LogP contribution in [0.4, 0.5) is 17.5 Å². The summed E-state index contributed by atoms with van der Waals surface area (Å²) < 4.78 is 16.1. The first-order valence-electron chi connectivity index (χ1n) is 7.81. The lowest BCUT2D eigenvalue weighted by Gasteiger charge is -2.15. The Kier molecular flexibility index (Phi) is 4.59. The third kappa shape index (κ3) is 3.45. The Morgan fingerprint density at radius 3 is 2.25 bits per heavy atom. The van der Waals surface area contributed by atoms with Crippen molar-refractivity contribution in [2.24, 2.45) is 0 Å². The van der Waals surface area contributed by atoms with Crippen LogP contribution in [-0.2, 0) is 0 Å². The van der Waals surface area contributed by atoms with Gasteiger partial charge in [-0.3, -0.25) is 0 Å². The molecule has 0 unspecified atom stereocenters. The van der Waals surface area contributed by atoms with Gasteiger partial charge in [0.2, 0.25) is 11.7 Å². The van der Waals surface area contributed by atoms with Crippen molar-refractivity contribution in [2.75, 3.05) is 32.0 Å². The van der Waals surface area contributed by atoms with Gasteiger partial charge < -0.3 is 24.8 Å². The van der Waals surface area contributed by atoms with Crippen molar-refractivity contribution in [3.05, 3.63) is 23.9 Å². The molecule has 1 aromatic carbocycles. The zero-order valence-electron chi connectivity index (χ0n) is 14.3. The van der Waals surface area contributed by atoms with E-state index in [-0.39, 0.29) is 0 Å². The minimum absolute atomic E-state index is 0.512. The molecule has 0 saturated heterocycles. The van der Waals surface area contributed by atoms with E-state index in [4.69, 9.17) is 14.2 Å².